The summed E-state index contributed by atoms with van der Waals surface area (Å²) >= 11 is 3.27. The van der Waals surface area contributed by atoms with Crippen LogP contribution in [0.3, 0.4) is 0 Å². The van der Waals surface area contributed by atoms with Crippen LogP contribution < -0.4 is 15.2 Å². The first-order chi connectivity index (χ1) is 6.65. The van der Waals surface area contributed by atoms with Gasteiger partial charge in [-0.05, 0) is 15.9 Å². The molecule has 0 aromatic heterocycles. The zero-order valence-electron chi connectivity index (χ0n) is 7.80. The molecule has 1 aromatic rings. The molecule has 0 saturated heterocycles. The van der Waals surface area contributed by atoms with Gasteiger partial charge in [0.2, 0.25) is 0 Å². The van der Waals surface area contributed by atoms with Crippen molar-refractivity contribution in [2.45, 2.75) is 0 Å². The van der Waals surface area contributed by atoms with Gasteiger partial charge in [-0.3, -0.25) is 0 Å². The van der Waals surface area contributed by atoms with Crippen LogP contribution in [0, 0.1) is 11.3 Å². The minimum absolute atomic E-state index is 0.306. The van der Waals surface area contributed by atoms with Crippen molar-refractivity contribution in [2.75, 3.05) is 20.0 Å². The molecule has 1 rings (SSSR count). The van der Waals surface area contributed by atoms with Crippen LogP contribution in [0.4, 0.5) is 5.69 Å². The van der Waals surface area contributed by atoms with Crippen LogP contribution in [0.25, 0.3) is 0 Å². The molecule has 74 valence electrons. The Hall–Kier alpha value is -1.41. The van der Waals surface area contributed by atoms with Crippen LogP contribution in [-0.4, -0.2) is 14.2 Å². The number of hydrogen-bond donors (Lipinski definition) is 1. The zero-order chi connectivity index (χ0) is 10.7. The normalized spacial score (nSPS) is 9.29. The Balaban J connectivity index is 3.50. The fraction of sp³-hybridized carbons (Fsp3) is 0.222. The van der Waals surface area contributed by atoms with Crippen LogP contribution in [0.2, 0.25) is 0 Å². The zero-order valence-corrected chi connectivity index (χ0v) is 9.38. The van der Waals surface area contributed by atoms with Crippen LogP contribution in [-0.2, 0) is 0 Å². The van der Waals surface area contributed by atoms with Crippen LogP contribution in [0.1, 0.15) is 5.56 Å². The smallest absolute Gasteiger partial charge is 0.156 e. The monoisotopic (exact) mass is 256 g/mol. The van der Waals surface area contributed by atoms with Crippen molar-refractivity contribution in [1.82, 2.24) is 0 Å². The van der Waals surface area contributed by atoms with E-state index in [1.54, 1.807) is 6.07 Å². The van der Waals surface area contributed by atoms with Crippen molar-refractivity contribution in [3.8, 4) is 17.6 Å². The number of hydrogen-bond acceptors (Lipinski definition) is 4. The maximum Gasteiger partial charge on any atom is 0.156 e. The maximum atomic E-state index is 8.85. The fourth-order valence-electron chi connectivity index (χ4n) is 1.09. The second-order valence-corrected chi connectivity index (χ2v) is 3.30. The second-order valence-electron chi connectivity index (χ2n) is 2.50. The second kappa shape index (κ2) is 4.20. The summed E-state index contributed by atoms with van der Waals surface area (Å²) in [6.07, 6.45) is 0. The lowest BCUT2D eigenvalue weighted by Gasteiger charge is -2.11. The molecule has 0 saturated carbocycles. The number of nitrogens with two attached hydrogens (primary N) is 1. The number of nitriles is 1. The van der Waals surface area contributed by atoms with E-state index in [-0.39, 0.29) is 0 Å². The number of benzene rings is 1. The third-order valence-electron chi connectivity index (χ3n) is 1.75. The van der Waals surface area contributed by atoms with Gasteiger partial charge in [-0.15, -0.1) is 0 Å². The van der Waals surface area contributed by atoms with E-state index in [0.29, 0.717) is 27.2 Å². The number of methoxy groups -OCH3 is 2. The molecule has 0 atom stereocenters. The third-order valence-corrected chi connectivity index (χ3v) is 2.50. The predicted molar refractivity (Wildman–Crippen MR) is 56.4 cm³/mol. The number of rotatable bonds is 2. The van der Waals surface area contributed by atoms with Crippen molar-refractivity contribution >= 4 is 21.6 Å². The van der Waals surface area contributed by atoms with Gasteiger partial charge in [0.25, 0.3) is 0 Å². The summed E-state index contributed by atoms with van der Waals surface area (Å²) < 4.78 is 10.7. The topological polar surface area (TPSA) is 68.3 Å². The van der Waals surface area contributed by atoms with Crippen molar-refractivity contribution in [3.05, 3.63) is 16.1 Å². The van der Waals surface area contributed by atoms with E-state index in [1.807, 2.05) is 6.07 Å². The number of nitrogens with zero attached hydrogens (tertiary/aromatic N) is 1. The van der Waals surface area contributed by atoms with Crippen LogP contribution >= 0.6 is 15.9 Å². The highest BCUT2D eigenvalue weighted by molar-refractivity contribution is 9.10. The minimum atomic E-state index is 0.306. The van der Waals surface area contributed by atoms with E-state index in [4.69, 9.17) is 20.5 Å². The first-order valence-electron chi connectivity index (χ1n) is 3.75. The van der Waals surface area contributed by atoms with Gasteiger partial charge in [0.1, 0.15) is 21.9 Å². The van der Waals surface area contributed by atoms with Crippen LogP contribution in [0.5, 0.6) is 11.5 Å². The molecule has 0 heterocycles. The Morgan fingerprint density at radius 2 is 2.07 bits per heavy atom. The summed E-state index contributed by atoms with van der Waals surface area (Å²) in [6, 6.07) is 3.55. The lowest BCUT2D eigenvalue weighted by atomic mass is 10.1. The molecule has 14 heavy (non-hydrogen) atoms. The first-order valence-corrected chi connectivity index (χ1v) is 4.55. The van der Waals surface area contributed by atoms with Gasteiger partial charge in [-0.2, -0.15) is 5.26 Å². The number of nitrogen functional groups attached to an aromatic ring is 1. The third kappa shape index (κ3) is 1.61. The molecule has 1 aromatic carbocycles. The molecule has 0 amide bonds. The number of halogens is 1. The van der Waals surface area contributed by atoms with Gasteiger partial charge in [-0.25, -0.2) is 0 Å². The molecule has 5 heteroatoms. The maximum absolute atomic E-state index is 8.85. The average molecular weight is 257 g/mol. The Bertz CT molecular complexity index is 398. The van der Waals surface area contributed by atoms with Gasteiger partial charge < -0.3 is 15.2 Å². The van der Waals surface area contributed by atoms with E-state index in [9.17, 15) is 0 Å². The van der Waals surface area contributed by atoms with Gasteiger partial charge >= 0.3 is 0 Å². The van der Waals surface area contributed by atoms with Gasteiger partial charge in [0.05, 0.1) is 19.9 Å². The Labute approximate surface area is 90.4 Å². The largest absolute Gasteiger partial charge is 0.495 e. The quantitative estimate of drug-likeness (QED) is 0.822. The van der Waals surface area contributed by atoms with Gasteiger partial charge in [0.15, 0.2) is 5.75 Å². The molecule has 0 unspecified atom stereocenters. The first kappa shape index (κ1) is 10.7. The molecule has 0 aliphatic rings. The Morgan fingerprint density at radius 1 is 1.43 bits per heavy atom. The number of anilines is 1. The molecule has 0 aliphatic heterocycles. The molecule has 0 aliphatic carbocycles. The predicted octanol–water partition coefficient (Wildman–Crippen LogP) is 1.92. The highest BCUT2D eigenvalue weighted by atomic mass is 79.9. The van der Waals surface area contributed by atoms with Crippen LogP contribution in [0.15, 0.2) is 10.5 Å². The minimum Gasteiger partial charge on any atom is -0.495 e. The van der Waals surface area contributed by atoms with E-state index < -0.39 is 0 Å². The van der Waals surface area contributed by atoms with Crippen molar-refractivity contribution in [2.24, 2.45) is 0 Å². The average Bonchev–Trinajstić information content (AvgIpc) is 2.20. The molecule has 0 fully saturated rings. The SMILES string of the molecule is COc1cc(N)c(C#N)c(OC)c1Br. The summed E-state index contributed by atoms with van der Waals surface area (Å²) in [4.78, 5) is 0. The van der Waals surface area contributed by atoms with Crippen molar-refractivity contribution in [1.29, 1.82) is 5.26 Å². The Kier molecular flexibility index (Phi) is 3.20. The van der Waals surface area contributed by atoms with E-state index in [1.165, 1.54) is 14.2 Å². The highest BCUT2D eigenvalue weighted by Crippen LogP contribution is 2.40. The van der Waals surface area contributed by atoms with Crippen molar-refractivity contribution in [3.63, 3.8) is 0 Å². The molecular formula is C9H9BrN2O2. The summed E-state index contributed by atoms with van der Waals surface area (Å²) in [7, 11) is 2.99. The molecule has 4 nitrogen and oxygen atoms in total. The summed E-state index contributed by atoms with van der Waals surface area (Å²) in [5, 5.41) is 8.85. The van der Waals surface area contributed by atoms with E-state index in [2.05, 4.69) is 15.9 Å². The van der Waals surface area contributed by atoms with E-state index >= 15 is 0 Å². The van der Waals surface area contributed by atoms with Gasteiger partial charge in [0, 0.05) is 6.07 Å². The molecular weight excluding hydrogens is 248 g/mol. The lowest BCUT2D eigenvalue weighted by Crippen LogP contribution is -1.98. The number of ether oxygens (including phenoxy) is 2. The van der Waals surface area contributed by atoms with Crippen molar-refractivity contribution < 1.29 is 9.47 Å². The molecule has 0 bridgehead atoms. The lowest BCUT2D eigenvalue weighted by molar-refractivity contribution is 0.389. The highest BCUT2D eigenvalue weighted by Gasteiger charge is 2.15. The van der Waals surface area contributed by atoms with E-state index in [0.717, 1.165) is 0 Å². The standard InChI is InChI=1S/C9H9BrN2O2/c1-13-7-3-6(12)5(4-11)9(14-2)8(7)10/h3H,12H2,1-2H3. The molecule has 2 N–H and O–H groups in total. The molecule has 0 radical (unpaired) electrons. The summed E-state index contributed by atoms with van der Waals surface area (Å²) in [5.74, 6) is 0.933. The van der Waals surface area contributed by atoms with Gasteiger partial charge in [-0.1, -0.05) is 0 Å². The summed E-state index contributed by atoms with van der Waals surface area (Å²) in [6.45, 7) is 0. The summed E-state index contributed by atoms with van der Waals surface area (Å²) in [5.41, 5.74) is 6.29. The Morgan fingerprint density at radius 3 is 2.50 bits per heavy atom. The molecule has 0 spiro atoms. The fourth-order valence-corrected chi connectivity index (χ4v) is 1.72.